The first-order valence-corrected chi connectivity index (χ1v) is 9.58. The molecule has 0 radical (unpaired) electrons. The number of anilines is 1. The lowest BCUT2D eigenvalue weighted by atomic mass is 9.91. The van der Waals surface area contributed by atoms with Gasteiger partial charge in [-0.2, -0.15) is 0 Å². The van der Waals surface area contributed by atoms with Crippen LogP contribution in [-0.2, 0) is 0 Å². The first kappa shape index (κ1) is 18.3. The number of aryl methyl sites for hydroxylation is 3. The summed E-state index contributed by atoms with van der Waals surface area (Å²) in [6.07, 6.45) is 5.28. The summed E-state index contributed by atoms with van der Waals surface area (Å²) < 4.78 is 0. The van der Waals surface area contributed by atoms with Crippen LogP contribution in [0.4, 0.5) is 10.5 Å². The molecule has 3 aromatic rings. The molecule has 144 valence electrons. The van der Waals surface area contributed by atoms with Gasteiger partial charge in [0.1, 0.15) is 6.33 Å². The monoisotopic (exact) mass is 376 g/mol. The van der Waals surface area contributed by atoms with Crippen LogP contribution < -0.4 is 5.32 Å². The SMILES string of the molecule is Cc1cncnc1C1CCN(C(=O)Nc2ccc3nc(C)c(C)nc3c2)CC1. The predicted octanol–water partition coefficient (Wildman–Crippen LogP) is 3.76. The number of benzene rings is 1. The van der Waals surface area contributed by atoms with Crippen molar-refractivity contribution in [2.24, 2.45) is 0 Å². The minimum Gasteiger partial charge on any atom is -0.324 e. The van der Waals surface area contributed by atoms with Crippen molar-refractivity contribution in [2.75, 3.05) is 18.4 Å². The van der Waals surface area contributed by atoms with Gasteiger partial charge in [-0.15, -0.1) is 0 Å². The van der Waals surface area contributed by atoms with E-state index in [2.05, 4.69) is 25.3 Å². The summed E-state index contributed by atoms with van der Waals surface area (Å²) >= 11 is 0. The number of aromatic nitrogens is 4. The topological polar surface area (TPSA) is 83.9 Å². The van der Waals surface area contributed by atoms with Gasteiger partial charge in [0.15, 0.2) is 0 Å². The van der Waals surface area contributed by atoms with E-state index < -0.39 is 0 Å². The van der Waals surface area contributed by atoms with Crippen LogP contribution in [0.5, 0.6) is 0 Å². The fourth-order valence-electron chi connectivity index (χ4n) is 3.70. The number of carbonyl (C=O) groups is 1. The summed E-state index contributed by atoms with van der Waals surface area (Å²) in [5, 5.41) is 3.00. The van der Waals surface area contributed by atoms with Gasteiger partial charge in [-0.1, -0.05) is 0 Å². The van der Waals surface area contributed by atoms with Crippen molar-refractivity contribution < 1.29 is 4.79 Å². The Balaban J connectivity index is 1.41. The molecule has 2 aromatic heterocycles. The zero-order valence-electron chi connectivity index (χ0n) is 16.4. The summed E-state index contributed by atoms with van der Waals surface area (Å²) in [4.78, 5) is 32.2. The Bertz CT molecular complexity index is 1030. The number of rotatable bonds is 2. The molecule has 0 aliphatic carbocycles. The lowest BCUT2D eigenvalue weighted by Crippen LogP contribution is -2.40. The zero-order chi connectivity index (χ0) is 19.7. The van der Waals surface area contributed by atoms with Crippen LogP contribution >= 0.6 is 0 Å². The first-order chi connectivity index (χ1) is 13.5. The average Bonchev–Trinajstić information content (AvgIpc) is 2.69. The number of likely N-dealkylation sites (tertiary alicyclic amines) is 1. The fourth-order valence-corrected chi connectivity index (χ4v) is 3.70. The van der Waals surface area contributed by atoms with Crippen LogP contribution in [0, 0.1) is 20.8 Å². The Hall–Kier alpha value is -3.09. The van der Waals surface area contributed by atoms with Gasteiger partial charge in [0.05, 0.1) is 22.4 Å². The fraction of sp³-hybridized carbons (Fsp3) is 0.381. The number of piperidine rings is 1. The van der Waals surface area contributed by atoms with E-state index in [1.165, 1.54) is 0 Å². The number of amides is 2. The minimum atomic E-state index is -0.0750. The maximum Gasteiger partial charge on any atom is 0.321 e. The number of nitrogens with one attached hydrogen (secondary N) is 1. The van der Waals surface area contributed by atoms with E-state index in [9.17, 15) is 4.79 Å². The third-order valence-electron chi connectivity index (χ3n) is 5.43. The Kier molecular flexibility index (Phi) is 4.90. The Morgan fingerprint density at radius 3 is 2.50 bits per heavy atom. The van der Waals surface area contributed by atoms with Gasteiger partial charge in [-0.3, -0.25) is 0 Å². The van der Waals surface area contributed by atoms with Crippen molar-refractivity contribution in [1.29, 1.82) is 0 Å². The van der Waals surface area contributed by atoms with Crippen LogP contribution in [0.25, 0.3) is 11.0 Å². The highest BCUT2D eigenvalue weighted by atomic mass is 16.2. The minimum absolute atomic E-state index is 0.0750. The summed E-state index contributed by atoms with van der Waals surface area (Å²) in [5.41, 5.74) is 6.41. The van der Waals surface area contributed by atoms with Crippen LogP contribution in [0.2, 0.25) is 0 Å². The standard InChI is InChI=1S/C21H24N6O/c1-13-11-22-12-23-20(13)16-6-8-27(9-7-16)21(28)26-17-4-5-18-19(10-17)25-15(3)14(2)24-18/h4-5,10-12,16H,6-9H2,1-3H3,(H,26,28). The highest BCUT2D eigenvalue weighted by Crippen LogP contribution is 2.28. The first-order valence-electron chi connectivity index (χ1n) is 9.58. The van der Waals surface area contributed by atoms with Crippen LogP contribution in [0.1, 0.15) is 41.4 Å². The third kappa shape index (κ3) is 3.65. The second-order valence-electron chi connectivity index (χ2n) is 7.38. The molecule has 0 spiro atoms. The molecule has 7 heteroatoms. The van der Waals surface area contributed by atoms with E-state index in [4.69, 9.17) is 0 Å². The van der Waals surface area contributed by atoms with E-state index >= 15 is 0 Å². The highest BCUT2D eigenvalue weighted by molar-refractivity contribution is 5.92. The van der Waals surface area contributed by atoms with Crippen molar-refractivity contribution >= 4 is 22.8 Å². The molecular formula is C21H24N6O. The zero-order valence-corrected chi connectivity index (χ0v) is 16.4. The third-order valence-corrected chi connectivity index (χ3v) is 5.43. The van der Waals surface area contributed by atoms with E-state index in [-0.39, 0.29) is 6.03 Å². The molecule has 0 atom stereocenters. The molecule has 0 unspecified atom stereocenters. The van der Waals surface area contributed by atoms with Gasteiger partial charge in [-0.25, -0.2) is 24.7 Å². The summed E-state index contributed by atoms with van der Waals surface area (Å²) in [6, 6.07) is 5.58. The highest BCUT2D eigenvalue weighted by Gasteiger charge is 2.25. The van der Waals surface area contributed by atoms with E-state index in [1.807, 2.05) is 50.1 Å². The number of fused-ring (bicyclic) bond motifs is 1. The summed E-state index contributed by atoms with van der Waals surface area (Å²) in [5.74, 6) is 0.384. The molecular weight excluding hydrogens is 352 g/mol. The second-order valence-corrected chi connectivity index (χ2v) is 7.38. The second kappa shape index (κ2) is 7.50. The van der Waals surface area contributed by atoms with Crippen LogP contribution in [0.15, 0.2) is 30.7 Å². The molecule has 1 fully saturated rings. The predicted molar refractivity (Wildman–Crippen MR) is 108 cm³/mol. The van der Waals surface area contributed by atoms with Crippen molar-refractivity contribution in [1.82, 2.24) is 24.8 Å². The Morgan fingerprint density at radius 1 is 1.07 bits per heavy atom. The maximum atomic E-state index is 12.7. The molecule has 28 heavy (non-hydrogen) atoms. The van der Waals surface area contributed by atoms with Gasteiger partial charge in [-0.05, 0) is 57.4 Å². The molecule has 3 heterocycles. The van der Waals surface area contributed by atoms with E-state index in [0.29, 0.717) is 19.0 Å². The smallest absolute Gasteiger partial charge is 0.321 e. The number of urea groups is 1. The van der Waals surface area contributed by atoms with Gasteiger partial charge < -0.3 is 10.2 Å². The summed E-state index contributed by atoms with van der Waals surface area (Å²) in [7, 11) is 0. The van der Waals surface area contributed by atoms with Crippen molar-refractivity contribution in [3.05, 3.63) is 53.4 Å². The molecule has 2 amide bonds. The molecule has 1 aliphatic heterocycles. The van der Waals surface area contributed by atoms with E-state index in [1.54, 1.807) is 6.33 Å². The van der Waals surface area contributed by atoms with Crippen molar-refractivity contribution in [3.8, 4) is 0 Å². The molecule has 0 saturated carbocycles. The Morgan fingerprint density at radius 2 is 1.79 bits per heavy atom. The van der Waals surface area contributed by atoms with Gasteiger partial charge in [0, 0.05) is 36.6 Å². The Labute approximate surface area is 164 Å². The molecule has 7 nitrogen and oxygen atoms in total. The number of nitrogens with zero attached hydrogens (tertiary/aromatic N) is 5. The molecule has 4 rings (SSSR count). The van der Waals surface area contributed by atoms with Gasteiger partial charge >= 0.3 is 6.03 Å². The maximum absolute atomic E-state index is 12.7. The van der Waals surface area contributed by atoms with Crippen molar-refractivity contribution in [3.63, 3.8) is 0 Å². The molecule has 1 aromatic carbocycles. The molecule has 1 aliphatic rings. The lowest BCUT2D eigenvalue weighted by Gasteiger charge is -2.32. The molecule has 1 N–H and O–H groups in total. The quantitative estimate of drug-likeness (QED) is 0.736. The lowest BCUT2D eigenvalue weighted by molar-refractivity contribution is 0.194. The largest absolute Gasteiger partial charge is 0.324 e. The van der Waals surface area contributed by atoms with Gasteiger partial charge in [0.2, 0.25) is 0 Å². The summed E-state index contributed by atoms with van der Waals surface area (Å²) in [6.45, 7) is 7.36. The number of hydrogen-bond acceptors (Lipinski definition) is 5. The normalized spacial score (nSPS) is 15.0. The van der Waals surface area contributed by atoms with E-state index in [0.717, 1.165) is 52.2 Å². The van der Waals surface area contributed by atoms with Crippen molar-refractivity contribution in [2.45, 2.75) is 39.5 Å². The molecule has 0 bridgehead atoms. The number of carbonyl (C=O) groups excluding carboxylic acids is 1. The average molecular weight is 376 g/mol. The number of hydrogen-bond donors (Lipinski definition) is 1. The molecule has 1 saturated heterocycles. The van der Waals surface area contributed by atoms with Gasteiger partial charge in [0.25, 0.3) is 0 Å². The van der Waals surface area contributed by atoms with Crippen LogP contribution in [0.3, 0.4) is 0 Å². The van der Waals surface area contributed by atoms with Crippen LogP contribution in [-0.4, -0.2) is 44.0 Å².